The first-order valence-corrected chi connectivity index (χ1v) is 8.58. The minimum Gasteiger partial charge on any atom is -0.410 e. The smallest absolute Gasteiger partial charge is 0.410 e. The second-order valence-electron chi connectivity index (χ2n) is 6.71. The lowest BCUT2D eigenvalue weighted by atomic mass is 10.0. The first-order chi connectivity index (χ1) is 13.4. The van der Waals surface area contributed by atoms with Crippen LogP contribution in [0.3, 0.4) is 0 Å². The van der Waals surface area contributed by atoms with Crippen LogP contribution in [0.25, 0.3) is 0 Å². The van der Waals surface area contributed by atoms with E-state index in [2.05, 4.69) is 9.47 Å². The summed E-state index contributed by atoms with van der Waals surface area (Å²) in [5.74, 6) is -2.67. The van der Waals surface area contributed by atoms with E-state index < -0.39 is 29.5 Å². The van der Waals surface area contributed by atoms with E-state index in [1.54, 1.807) is 31.2 Å². The molecule has 2 aliphatic carbocycles. The predicted molar refractivity (Wildman–Crippen MR) is 93.0 cm³/mol. The molecule has 0 bridgehead atoms. The molecule has 141 valence electrons. The van der Waals surface area contributed by atoms with Crippen LogP contribution in [0.1, 0.15) is 19.8 Å². The second kappa shape index (κ2) is 6.85. The van der Waals surface area contributed by atoms with Crippen molar-refractivity contribution >= 4 is 31.6 Å². The molecule has 0 amide bonds. The van der Waals surface area contributed by atoms with Gasteiger partial charge in [-0.25, -0.2) is 19.2 Å². The van der Waals surface area contributed by atoms with E-state index in [0.29, 0.717) is 12.8 Å². The topological polar surface area (TPSA) is 105 Å². The van der Waals surface area contributed by atoms with Crippen LogP contribution in [-0.4, -0.2) is 43.3 Å². The molecule has 0 unspecified atom stereocenters. The molecule has 28 heavy (non-hydrogen) atoms. The molecule has 2 heterocycles. The minimum atomic E-state index is -0.942. The lowest BCUT2D eigenvalue weighted by molar-refractivity contribution is -0.152. The first kappa shape index (κ1) is 18.3. The van der Waals surface area contributed by atoms with Gasteiger partial charge in [-0.3, -0.25) is 0 Å². The number of esters is 4. The molecule has 8 nitrogen and oxygen atoms in total. The maximum atomic E-state index is 11.6. The molecule has 9 heteroatoms. The molecule has 0 aromatic heterocycles. The summed E-state index contributed by atoms with van der Waals surface area (Å²) in [4.78, 5) is 46.5. The van der Waals surface area contributed by atoms with Gasteiger partial charge in [-0.15, -0.1) is 0 Å². The van der Waals surface area contributed by atoms with Crippen molar-refractivity contribution < 1.29 is 38.0 Å². The van der Waals surface area contributed by atoms with Crippen molar-refractivity contribution in [3.05, 3.63) is 58.7 Å². The fourth-order valence-corrected chi connectivity index (χ4v) is 3.08. The molecule has 0 spiro atoms. The summed E-state index contributed by atoms with van der Waals surface area (Å²) in [6.45, 7) is 1.73. The summed E-state index contributed by atoms with van der Waals surface area (Å²) >= 11 is 0. The average Bonchev–Trinajstić information content (AvgIpc) is 2.90. The van der Waals surface area contributed by atoms with Crippen LogP contribution in [-0.2, 0) is 38.0 Å². The van der Waals surface area contributed by atoms with Gasteiger partial charge in [0.05, 0.1) is 27.9 Å². The van der Waals surface area contributed by atoms with Gasteiger partial charge in [-0.05, 0) is 44.1 Å². The fourth-order valence-electron chi connectivity index (χ4n) is 3.08. The number of carbonyl (C=O) groups excluding carboxylic acids is 4. The third-order valence-electron chi connectivity index (χ3n) is 4.71. The van der Waals surface area contributed by atoms with E-state index in [-0.39, 0.29) is 28.4 Å². The number of hydrogen-bond donors (Lipinski definition) is 0. The summed E-state index contributed by atoms with van der Waals surface area (Å²) in [5.41, 5.74) is -0.0613. The molecule has 4 rings (SSSR count). The maximum absolute atomic E-state index is 11.6. The normalized spacial score (nSPS) is 23.5. The number of fused-ring (bicyclic) bond motifs is 1. The Kier molecular flexibility index (Phi) is 4.48. The molecule has 1 fully saturated rings. The largest absolute Gasteiger partial charge is 0.489 e. The van der Waals surface area contributed by atoms with Crippen molar-refractivity contribution in [1.29, 1.82) is 0 Å². The molecule has 2 aliphatic heterocycles. The van der Waals surface area contributed by atoms with E-state index in [9.17, 15) is 19.2 Å². The van der Waals surface area contributed by atoms with Crippen molar-refractivity contribution in [1.82, 2.24) is 0 Å². The molecule has 0 aromatic rings. The fraction of sp³-hybridized carbons (Fsp3) is 0.263. The van der Waals surface area contributed by atoms with Gasteiger partial charge < -0.3 is 18.8 Å². The van der Waals surface area contributed by atoms with Gasteiger partial charge in [0.1, 0.15) is 0 Å². The lowest BCUT2D eigenvalue weighted by Crippen LogP contribution is -2.28. The first-order valence-electron chi connectivity index (χ1n) is 8.58. The highest BCUT2D eigenvalue weighted by Crippen LogP contribution is 2.29. The highest BCUT2D eigenvalue weighted by atomic mass is 16.6. The van der Waals surface area contributed by atoms with E-state index in [4.69, 9.17) is 9.31 Å². The summed E-state index contributed by atoms with van der Waals surface area (Å²) in [5, 5.41) is 0. The summed E-state index contributed by atoms with van der Waals surface area (Å²) in [7, 11) is 1.17. The van der Waals surface area contributed by atoms with Crippen LogP contribution in [0.5, 0.6) is 0 Å². The molecular weight excluding hydrogens is 367 g/mol. The number of cyclic esters (lactones) is 4. The Labute approximate surface area is 160 Å². The van der Waals surface area contributed by atoms with Crippen molar-refractivity contribution in [2.75, 3.05) is 0 Å². The van der Waals surface area contributed by atoms with Crippen molar-refractivity contribution in [3.8, 4) is 0 Å². The Morgan fingerprint density at radius 1 is 0.893 bits per heavy atom. The van der Waals surface area contributed by atoms with Gasteiger partial charge in [0.2, 0.25) is 0 Å². The number of hydrogen-bond acceptors (Lipinski definition) is 8. The third-order valence-corrected chi connectivity index (χ3v) is 4.71. The summed E-state index contributed by atoms with van der Waals surface area (Å²) < 4.78 is 20.4. The zero-order chi connectivity index (χ0) is 19.9. The average molecular weight is 381 g/mol. The van der Waals surface area contributed by atoms with Crippen LogP contribution in [0, 0.1) is 0 Å². The quantitative estimate of drug-likeness (QED) is 0.402. The summed E-state index contributed by atoms with van der Waals surface area (Å²) in [6, 6.07) is 0. The number of ether oxygens (including phenoxy) is 2. The van der Waals surface area contributed by atoms with Gasteiger partial charge in [-0.2, -0.15) is 0 Å². The molecule has 1 saturated heterocycles. The molecule has 0 N–H and O–H groups in total. The maximum Gasteiger partial charge on any atom is 0.489 e. The lowest BCUT2D eigenvalue weighted by Gasteiger charge is -2.23. The Bertz CT molecular complexity index is 883. The Morgan fingerprint density at radius 3 is 1.93 bits per heavy atom. The molecule has 1 radical (unpaired) electrons. The Morgan fingerprint density at radius 2 is 1.39 bits per heavy atom. The molecule has 0 atom stereocenters. The molecule has 0 saturated carbocycles. The molecule has 0 aromatic carbocycles. The predicted octanol–water partition coefficient (Wildman–Crippen LogP) is 0.917. The van der Waals surface area contributed by atoms with Crippen molar-refractivity contribution in [2.24, 2.45) is 0 Å². The molecular formula is C19H14BO8. The van der Waals surface area contributed by atoms with Crippen LogP contribution >= 0.6 is 0 Å². The van der Waals surface area contributed by atoms with Gasteiger partial charge in [0.15, 0.2) is 0 Å². The van der Waals surface area contributed by atoms with E-state index in [0.717, 1.165) is 0 Å². The number of rotatable bonds is 4. The van der Waals surface area contributed by atoms with Crippen molar-refractivity contribution in [2.45, 2.75) is 31.5 Å². The summed E-state index contributed by atoms with van der Waals surface area (Å²) in [6.07, 6.45) is 9.89. The highest BCUT2D eigenvalue weighted by Gasteiger charge is 2.35. The minimum absolute atomic E-state index is 0.180. The van der Waals surface area contributed by atoms with Crippen LogP contribution in [0.4, 0.5) is 0 Å². The van der Waals surface area contributed by atoms with E-state index >= 15 is 0 Å². The van der Waals surface area contributed by atoms with Crippen molar-refractivity contribution in [3.63, 3.8) is 0 Å². The van der Waals surface area contributed by atoms with Crippen LogP contribution in [0.2, 0.25) is 0 Å². The van der Waals surface area contributed by atoms with Gasteiger partial charge in [-0.1, -0.05) is 12.2 Å². The Balaban J connectivity index is 1.36. The highest BCUT2D eigenvalue weighted by molar-refractivity contribution is 6.19. The van der Waals surface area contributed by atoms with Crippen LogP contribution < -0.4 is 0 Å². The zero-order valence-electron chi connectivity index (χ0n) is 14.8. The van der Waals surface area contributed by atoms with E-state index in [1.165, 1.54) is 19.8 Å². The molecule has 4 aliphatic rings. The van der Waals surface area contributed by atoms with E-state index in [1.807, 2.05) is 0 Å². The van der Waals surface area contributed by atoms with Crippen LogP contribution in [0.15, 0.2) is 58.7 Å². The third kappa shape index (κ3) is 3.30. The van der Waals surface area contributed by atoms with Gasteiger partial charge in [0, 0.05) is 6.10 Å². The number of carbonyl (C=O) groups is 4. The SMILES string of the molecule is CC1(O[B]OC2CC=C3C(=O)OC(=O)C3=CC2)C=CC2=C(C=C1)C(=O)OC2=O. The van der Waals surface area contributed by atoms with Gasteiger partial charge in [0.25, 0.3) is 0 Å². The standard InChI is InChI=1S/C19H14BO8/c1-19(8-6-13-14(7-9-19)18(24)26-17(13)23)28-20-27-10-2-4-11-12(5-3-10)16(22)25-15(11)21/h4-10H,2-3H2,1H3. The zero-order valence-corrected chi connectivity index (χ0v) is 14.8. The Hall–Kier alpha value is -3.04. The van der Waals surface area contributed by atoms with Gasteiger partial charge >= 0.3 is 31.6 Å². The second-order valence-corrected chi connectivity index (χ2v) is 6.71. The monoisotopic (exact) mass is 381 g/mol.